The van der Waals surface area contributed by atoms with E-state index < -0.39 is 0 Å². The van der Waals surface area contributed by atoms with Gasteiger partial charge in [0.25, 0.3) is 0 Å². The zero-order chi connectivity index (χ0) is 14.5. The Hall–Kier alpha value is -0.540. The van der Waals surface area contributed by atoms with Crippen LogP contribution < -0.4 is 10.1 Å². The molecule has 0 aliphatic rings. The van der Waals surface area contributed by atoms with Crippen LogP contribution in [0.4, 0.5) is 0 Å². The molecule has 1 aromatic carbocycles. The molecule has 0 unspecified atom stereocenters. The summed E-state index contributed by atoms with van der Waals surface area (Å²) in [7, 11) is 3.76. The Morgan fingerprint density at radius 3 is 2.53 bits per heavy atom. The standard InChI is InChI=1S/C16H26BrNO/c1-12-10-15(19-5)13(11-14(12)17)6-7-16(2,3)8-9-18-4/h10-11,18H,6-9H2,1-5H3. The van der Waals surface area contributed by atoms with Crippen LogP contribution in [0.1, 0.15) is 37.8 Å². The van der Waals surface area contributed by atoms with Gasteiger partial charge in [0.2, 0.25) is 0 Å². The molecule has 2 nitrogen and oxygen atoms in total. The van der Waals surface area contributed by atoms with Crippen molar-refractivity contribution in [3.63, 3.8) is 0 Å². The fourth-order valence-electron chi connectivity index (χ4n) is 2.14. The van der Waals surface area contributed by atoms with Crippen molar-refractivity contribution in [3.8, 4) is 5.75 Å². The zero-order valence-electron chi connectivity index (χ0n) is 12.8. The third kappa shape index (κ3) is 5.15. The van der Waals surface area contributed by atoms with E-state index >= 15 is 0 Å². The molecule has 0 spiro atoms. The van der Waals surface area contributed by atoms with Crippen LogP contribution in [-0.2, 0) is 6.42 Å². The average Bonchev–Trinajstić information content (AvgIpc) is 2.37. The minimum atomic E-state index is 0.353. The molecule has 0 aliphatic heterocycles. The lowest BCUT2D eigenvalue weighted by Crippen LogP contribution is -2.20. The van der Waals surface area contributed by atoms with Crippen LogP contribution in [0, 0.1) is 12.3 Å². The van der Waals surface area contributed by atoms with E-state index in [9.17, 15) is 0 Å². The van der Waals surface area contributed by atoms with Gasteiger partial charge in [0, 0.05) is 4.47 Å². The third-order valence-corrected chi connectivity index (χ3v) is 4.54. The SMILES string of the molecule is CNCCC(C)(C)CCc1cc(Br)c(C)cc1OC. The van der Waals surface area contributed by atoms with E-state index in [-0.39, 0.29) is 0 Å². The molecule has 0 amide bonds. The van der Waals surface area contributed by atoms with Gasteiger partial charge in [-0.15, -0.1) is 0 Å². The van der Waals surface area contributed by atoms with Crippen molar-refractivity contribution in [3.05, 3.63) is 27.7 Å². The first-order valence-electron chi connectivity index (χ1n) is 6.87. The highest BCUT2D eigenvalue weighted by atomic mass is 79.9. The predicted molar refractivity (Wildman–Crippen MR) is 86.1 cm³/mol. The van der Waals surface area contributed by atoms with Crippen molar-refractivity contribution in [2.75, 3.05) is 20.7 Å². The van der Waals surface area contributed by atoms with Gasteiger partial charge < -0.3 is 10.1 Å². The van der Waals surface area contributed by atoms with Gasteiger partial charge in [0.15, 0.2) is 0 Å². The summed E-state index contributed by atoms with van der Waals surface area (Å²) < 4.78 is 6.66. The van der Waals surface area contributed by atoms with Crippen molar-refractivity contribution in [2.45, 2.75) is 40.0 Å². The van der Waals surface area contributed by atoms with Crippen LogP contribution in [0.3, 0.4) is 0 Å². The van der Waals surface area contributed by atoms with Gasteiger partial charge in [-0.05, 0) is 68.5 Å². The van der Waals surface area contributed by atoms with Crippen molar-refractivity contribution >= 4 is 15.9 Å². The molecule has 0 atom stereocenters. The lowest BCUT2D eigenvalue weighted by molar-refractivity contribution is 0.303. The first-order chi connectivity index (χ1) is 8.89. The number of benzene rings is 1. The van der Waals surface area contributed by atoms with E-state index in [0.717, 1.165) is 23.2 Å². The lowest BCUT2D eigenvalue weighted by Gasteiger charge is -2.25. The minimum Gasteiger partial charge on any atom is -0.496 e. The molecule has 0 fully saturated rings. The summed E-state index contributed by atoms with van der Waals surface area (Å²) in [5.41, 5.74) is 2.86. The zero-order valence-corrected chi connectivity index (χ0v) is 14.4. The maximum Gasteiger partial charge on any atom is 0.122 e. The highest BCUT2D eigenvalue weighted by Gasteiger charge is 2.18. The maximum absolute atomic E-state index is 5.49. The molecule has 0 aliphatic carbocycles. The summed E-state index contributed by atoms with van der Waals surface area (Å²) in [6, 6.07) is 4.31. The molecular formula is C16H26BrNO. The molecule has 0 saturated heterocycles. The Balaban J connectivity index is 2.74. The molecular weight excluding hydrogens is 302 g/mol. The summed E-state index contributed by atoms with van der Waals surface area (Å²) in [4.78, 5) is 0. The number of rotatable bonds is 7. The topological polar surface area (TPSA) is 21.3 Å². The Labute approximate surface area is 126 Å². The Morgan fingerprint density at radius 1 is 1.26 bits per heavy atom. The number of hydrogen-bond donors (Lipinski definition) is 1. The highest BCUT2D eigenvalue weighted by Crippen LogP contribution is 2.32. The normalized spacial score (nSPS) is 11.7. The first kappa shape index (κ1) is 16.5. The van der Waals surface area contributed by atoms with Crippen LogP contribution in [0.25, 0.3) is 0 Å². The van der Waals surface area contributed by atoms with Crippen LogP contribution in [-0.4, -0.2) is 20.7 Å². The number of methoxy groups -OCH3 is 1. The summed E-state index contributed by atoms with van der Waals surface area (Å²) >= 11 is 3.61. The monoisotopic (exact) mass is 327 g/mol. The van der Waals surface area contributed by atoms with Crippen molar-refractivity contribution in [1.82, 2.24) is 5.32 Å². The van der Waals surface area contributed by atoms with Gasteiger partial charge in [-0.2, -0.15) is 0 Å². The number of hydrogen-bond acceptors (Lipinski definition) is 2. The molecule has 0 heterocycles. The summed E-state index contributed by atoms with van der Waals surface area (Å²) in [6.07, 6.45) is 3.41. The van der Waals surface area contributed by atoms with E-state index in [4.69, 9.17) is 4.74 Å². The van der Waals surface area contributed by atoms with E-state index in [1.807, 2.05) is 7.05 Å². The first-order valence-corrected chi connectivity index (χ1v) is 7.66. The number of halogens is 1. The van der Waals surface area contributed by atoms with E-state index in [1.165, 1.54) is 24.0 Å². The van der Waals surface area contributed by atoms with E-state index in [0.29, 0.717) is 5.41 Å². The molecule has 1 aromatic rings. The third-order valence-electron chi connectivity index (χ3n) is 3.68. The van der Waals surface area contributed by atoms with Crippen LogP contribution >= 0.6 is 15.9 Å². The molecule has 19 heavy (non-hydrogen) atoms. The van der Waals surface area contributed by atoms with Crippen molar-refractivity contribution < 1.29 is 4.74 Å². The minimum absolute atomic E-state index is 0.353. The van der Waals surface area contributed by atoms with Gasteiger partial charge in [-0.1, -0.05) is 29.8 Å². The molecule has 0 bridgehead atoms. The molecule has 3 heteroatoms. The fourth-order valence-corrected chi connectivity index (χ4v) is 2.53. The van der Waals surface area contributed by atoms with Gasteiger partial charge in [-0.25, -0.2) is 0 Å². The Morgan fingerprint density at radius 2 is 1.95 bits per heavy atom. The number of nitrogens with one attached hydrogen (secondary N) is 1. The highest BCUT2D eigenvalue weighted by molar-refractivity contribution is 9.10. The largest absolute Gasteiger partial charge is 0.496 e. The quantitative estimate of drug-likeness (QED) is 0.804. The molecule has 108 valence electrons. The lowest BCUT2D eigenvalue weighted by atomic mass is 9.83. The Kier molecular flexibility index (Phi) is 6.34. The van der Waals surface area contributed by atoms with Crippen LogP contribution in [0.2, 0.25) is 0 Å². The van der Waals surface area contributed by atoms with Crippen molar-refractivity contribution in [2.24, 2.45) is 5.41 Å². The molecule has 0 aromatic heterocycles. The number of aryl methyl sites for hydroxylation is 2. The molecule has 0 radical (unpaired) electrons. The summed E-state index contributed by atoms with van der Waals surface area (Å²) in [6.45, 7) is 7.83. The van der Waals surface area contributed by atoms with Gasteiger partial charge in [0.1, 0.15) is 5.75 Å². The second kappa shape index (κ2) is 7.30. The second-order valence-corrected chi connectivity index (χ2v) is 6.79. The van der Waals surface area contributed by atoms with Gasteiger partial charge in [-0.3, -0.25) is 0 Å². The summed E-state index contributed by atoms with van der Waals surface area (Å²) in [5, 5.41) is 3.23. The van der Waals surface area contributed by atoms with Crippen LogP contribution in [0.15, 0.2) is 16.6 Å². The summed E-state index contributed by atoms with van der Waals surface area (Å²) in [5.74, 6) is 1.00. The maximum atomic E-state index is 5.49. The van der Waals surface area contributed by atoms with Crippen molar-refractivity contribution in [1.29, 1.82) is 0 Å². The van der Waals surface area contributed by atoms with E-state index in [1.54, 1.807) is 7.11 Å². The second-order valence-electron chi connectivity index (χ2n) is 5.93. The Bertz CT molecular complexity index is 415. The fraction of sp³-hybridized carbons (Fsp3) is 0.625. The van der Waals surface area contributed by atoms with E-state index in [2.05, 4.69) is 54.2 Å². The molecule has 1 rings (SSSR count). The number of ether oxygens (including phenoxy) is 1. The molecule has 1 N–H and O–H groups in total. The van der Waals surface area contributed by atoms with Gasteiger partial charge in [0.05, 0.1) is 7.11 Å². The van der Waals surface area contributed by atoms with Gasteiger partial charge >= 0.3 is 0 Å². The predicted octanol–water partition coefficient (Wildman–Crippen LogP) is 4.33. The van der Waals surface area contributed by atoms with Crippen LogP contribution in [0.5, 0.6) is 5.75 Å². The average molecular weight is 328 g/mol. The molecule has 0 saturated carbocycles. The smallest absolute Gasteiger partial charge is 0.122 e.